The molecule has 0 aromatic heterocycles. The van der Waals surface area contributed by atoms with E-state index in [1.54, 1.807) is 54.6 Å². The number of imide groups is 1. The van der Waals surface area contributed by atoms with Crippen molar-refractivity contribution in [2.75, 3.05) is 29.9 Å². The van der Waals surface area contributed by atoms with Crippen LogP contribution in [0.3, 0.4) is 0 Å². The van der Waals surface area contributed by atoms with Crippen molar-refractivity contribution < 1.29 is 19.3 Å². The van der Waals surface area contributed by atoms with E-state index in [1.165, 1.54) is 11.8 Å². The molecule has 4 rings (SSSR count). The van der Waals surface area contributed by atoms with Crippen LogP contribution in [0.15, 0.2) is 64.8 Å². The summed E-state index contributed by atoms with van der Waals surface area (Å²) >= 11 is 0. The standard InChI is InChI=1S/C30H26N8O5/c1-3-36(12-6-7-13-37-29(40)24-8-4-5-9-25(24)30(37)41)22-10-11-26(27(16-22)33-19(2)39)34-35-28-20(17-31)14-23(38(42)43)15-21(28)18-32/h4-5,8-11,14-16H,3,6-7,12-13H2,1-2H3,(H,33,39)/b35-34+. The molecule has 0 bridgehead atoms. The summed E-state index contributed by atoms with van der Waals surface area (Å²) in [5.41, 5.74) is 1.27. The molecule has 0 saturated heterocycles. The number of unbranched alkanes of at least 4 members (excludes halogenated alkanes) is 1. The smallest absolute Gasteiger partial charge is 0.272 e. The van der Waals surface area contributed by atoms with Gasteiger partial charge in [-0.05, 0) is 50.1 Å². The van der Waals surface area contributed by atoms with Crippen molar-refractivity contribution in [1.29, 1.82) is 10.5 Å². The van der Waals surface area contributed by atoms with Crippen LogP contribution in [0.2, 0.25) is 0 Å². The average molecular weight is 579 g/mol. The Morgan fingerprint density at radius 2 is 1.63 bits per heavy atom. The fraction of sp³-hybridized carbons (Fsp3) is 0.233. The van der Waals surface area contributed by atoms with Gasteiger partial charge in [-0.3, -0.25) is 29.4 Å². The fourth-order valence-corrected chi connectivity index (χ4v) is 4.69. The van der Waals surface area contributed by atoms with E-state index in [4.69, 9.17) is 0 Å². The molecule has 216 valence electrons. The number of nitriles is 2. The molecule has 0 saturated carbocycles. The molecular formula is C30H26N8O5. The van der Waals surface area contributed by atoms with Gasteiger partial charge in [0.05, 0.1) is 32.9 Å². The lowest BCUT2D eigenvalue weighted by Crippen LogP contribution is -2.31. The minimum Gasteiger partial charge on any atom is -0.372 e. The highest BCUT2D eigenvalue weighted by atomic mass is 16.6. The summed E-state index contributed by atoms with van der Waals surface area (Å²) in [6.45, 7) is 4.85. The highest BCUT2D eigenvalue weighted by Gasteiger charge is 2.34. The number of hydrogen-bond acceptors (Lipinski definition) is 10. The van der Waals surface area contributed by atoms with E-state index >= 15 is 0 Å². The van der Waals surface area contributed by atoms with Crippen LogP contribution >= 0.6 is 0 Å². The highest BCUT2D eigenvalue weighted by Crippen LogP contribution is 2.35. The summed E-state index contributed by atoms with van der Waals surface area (Å²) in [6.07, 6.45) is 1.29. The Kier molecular flexibility index (Phi) is 9.17. The Bertz CT molecular complexity index is 1670. The van der Waals surface area contributed by atoms with E-state index in [-0.39, 0.29) is 40.2 Å². The molecule has 3 amide bonds. The molecule has 1 N–H and O–H groups in total. The van der Waals surface area contributed by atoms with Gasteiger partial charge < -0.3 is 10.2 Å². The zero-order valence-electron chi connectivity index (χ0n) is 23.4. The third-order valence-electron chi connectivity index (χ3n) is 6.78. The number of benzene rings is 3. The van der Waals surface area contributed by atoms with Crippen molar-refractivity contribution in [3.63, 3.8) is 0 Å². The fourth-order valence-electron chi connectivity index (χ4n) is 4.69. The maximum Gasteiger partial charge on any atom is 0.272 e. The summed E-state index contributed by atoms with van der Waals surface area (Å²) in [4.78, 5) is 51.0. The number of rotatable bonds is 11. The second kappa shape index (κ2) is 13.1. The molecule has 1 heterocycles. The van der Waals surface area contributed by atoms with Crippen molar-refractivity contribution in [3.8, 4) is 12.1 Å². The van der Waals surface area contributed by atoms with Crippen LogP contribution < -0.4 is 10.2 Å². The van der Waals surface area contributed by atoms with Gasteiger partial charge in [-0.25, -0.2) is 0 Å². The molecule has 43 heavy (non-hydrogen) atoms. The first-order chi connectivity index (χ1) is 20.7. The van der Waals surface area contributed by atoms with Crippen LogP contribution in [0.1, 0.15) is 58.5 Å². The molecule has 3 aromatic carbocycles. The molecule has 3 aromatic rings. The quantitative estimate of drug-likeness (QED) is 0.0999. The van der Waals surface area contributed by atoms with Gasteiger partial charge in [0.2, 0.25) is 5.91 Å². The predicted molar refractivity (Wildman–Crippen MR) is 156 cm³/mol. The van der Waals surface area contributed by atoms with E-state index < -0.39 is 10.6 Å². The van der Waals surface area contributed by atoms with Gasteiger partial charge in [0.15, 0.2) is 0 Å². The molecule has 13 nitrogen and oxygen atoms in total. The zero-order chi connectivity index (χ0) is 31.1. The summed E-state index contributed by atoms with van der Waals surface area (Å²) < 4.78 is 0. The first-order valence-corrected chi connectivity index (χ1v) is 13.3. The van der Waals surface area contributed by atoms with Crippen LogP contribution in [0.5, 0.6) is 0 Å². The number of non-ortho nitro benzene ring substituents is 1. The van der Waals surface area contributed by atoms with E-state index in [0.717, 1.165) is 17.8 Å². The molecule has 0 radical (unpaired) electrons. The molecule has 1 aliphatic heterocycles. The molecule has 0 unspecified atom stereocenters. The first-order valence-electron chi connectivity index (χ1n) is 13.3. The molecule has 0 atom stereocenters. The number of carbonyl (C=O) groups excluding carboxylic acids is 3. The van der Waals surface area contributed by atoms with Crippen molar-refractivity contribution >= 4 is 46.2 Å². The Morgan fingerprint density at radius 3 is 2.16 bits per heavy atom. The number of nitrogens with zero attached hydrogens (tertiary/aromatic N) is 7. The van der Waals surface area contributed by atoms with Gasteiger partial charge >= 0.3 is 0 Å². The maximum atomic E-state index is 12.6. The van der Waals surface area contributed by atoms with Gasteiger partial charge in [0.1, 0.15) is 23.5 Å². The number of anilines is 2. The summed E-state index contributed by atoms with van der Waals surface area (Å²) in [6, 6.07) is 17.5. The number of hydrogen-bond donors (Lipinski definition) is 1. The number of fused-ring (bicyclic) bond motifs is 1. The highest BCUT2D eigenvalue weighted by molar-refractivity contribution is 6.21. The number of azo groups is 1. The largest absolute Gasteiger partial charge is 0.372 e. The van der Waals surface area contributed by atoms with Gasteiger partial charge in [-0.2, -0.15) is 10.5 Å². The Morgan fingerprint density at radius 1 is 1.00 bits per heavy atom. The third-order valence-corrected chi connectivity index (χ3v) is 6.78. The van der Waals surface area contributed by atoms with E-state index in [1.807, 2.05) is 6.92 Å². The van der Waals surface area contributed by atoms with E-state index in [2.05, 4.69) is 20.4 Å². The lowest BCUT2D eigenvalue weighted by atomic mass is 10.1. The molecule has 0 spiro atoms. The van der Waals surface area contributed by atoms with Crippen molar-refractivity contribution in [1.82, 2.24) is 4.90 Å². The Hall–Kier alpha value is -5.95. The molecule has 13 heteroatoms. The monoisotopic (exact) mass is 578 g/mol. The van der Waals surface area contributed by atoms with Crippen LogP contribution in [-0.2, 0) is 4.79 Å². The number of nitro groups is 1. The lowest BCUT2D eigenvalue weighted by molar-refractivity contribution is -0.384. The second-order valence-electron chi connectivity index (χ2n) is 9.55. The summed E-state index contributed by atoms with van der Waals surface area (Å²) in [5, 5.41) is 41.0. The normalized spacial score (nSPS) is 12.1. The van der Waals surface area contributed by atoms with Gasteiger partial charge in [-0.15, -0.1) is 10.2 Å². The molecule has 1 aliphatic rings. The molecular weight excluding hydrogens is 552 g/mol. The number of nitro benzene ring substituents is 1. The van der Waals surface area contributed by atoms with E-state index in [9.17, 15) is 35.0 Å². The lowest BCUT2D eigenvalue weighted by Gasteiger charge is -2.24. The van der Waals surface area contributed by atoms with Gasteiger partial charge in [0.25, 0.3) is 17.5 Å². The second-order valence-corrected chi connectivity index (χ2v) is 9.55. The summed E-state index contributed by atoms with van der Waals surface area (Å²) in [5.74, 6) is -0.923. The maximum absolute atomic E-state index is 12.6. The number of nitrogens with one attached hydrogen (secondary N) is 1. The Labute approximate surface area is 246 Å². The first kappa shape index (κ1) is 30.0. The predicted octanol–water partition coefficient (Wildman–Crippen LogP) is 5.61. The molecule has 0 aliphatic carbocycles. The zero-order valence-corrected chi connectivity index (χ0v) is 23.4. The van der Waals surface area contributed by atoms with Crippen molar-refractivity contribution in [3.05, 3.63) is 87.0 Å². The van der Waals surface area contributed by atoms with E-state index in [0.29, 0.717) is 49.3 Å². The van der Waals surface area contributed by atoms with Crippen molar-refractivity contribution in [2.45, 2.75) is 26.7 Å². The van der Waals surface area contributed by atoms with Crippen LogP contribution in [0.4, 0.5) is 28.4 Å². The Balaban J connectivity index is 1.49. The summed E-state index contributed by atoms with van der Waals surface area (Å²) in [7, 11) is 0. The van der Waals surface area contributed by atoms with Crippen molar-refractivity contribution in [2.24, 2.45) is 10.2 Å². The average Bonchev–Trinajstić information content (AvgIpc) is 3.24. The van der Waals surface area contributed by atoms with Crippen LogP contribution in [0.25, 0.3) is 0 Å². The number of carbonyl (C=O) groups is 3. The van der Waals surface area contributed by atoms with Gasteiger partial charge in [-0.1, -0.05) is 12.1 Å². The van der Waals surface area contributed by atoms with Crippen LogP contribution in [-0.4, -0.2) is 47.2 Å². The topological polar surface area (TPSA) is 185 Å². The number of amides is 3. The SMILES string of the molecule is CCN(CCCCN1C(=O)c2ccccc2C1=O)c1ccc(/N=N/c2c(C#N)cc([N+](=O)[O-])cc2C#N)c(NC(C)=O)c1. The molecule has 0 fully saturated rings. The van der Waals surface area contributed by atoms with Crippen LogP contribution in [0, 0.1) is 32.8 Å². The minimum absolute atomic E-state index is 0.123. The third kappa shape index (κ3) is 6.52. The van der Waals surface area contributed by atoms with Gasteiger partial charge in [0, 0.05) is 44.4 Å². The minimum atomic E-state index is -0.708.